The number of ketones is 1. The molecule has 168 valence electrons. The Morgan fingerprint density at radius 3 is 2.67 bits per heavy atom. The molecule has 3 nitrogen and oxygen atoms in total. The van der Waals surface area contributed by atoms with E-state index in [1.165, 1.54) is 31.3 Å². The second-order valence-corrected chi connectivity index (χ2v) is 10.8. The van der Waals surface area contributed by atoms with Crippen LogP contribution in [0, 0.1) is 29.1 Å². The monoisotopic (exact) mass is 414 g/mol. The normalized spacial score (nSPS) is 38.3. The maximum absolute atomic E-state index is 12.1. The van der Waals surface area contributed by atoms with Gasteiger partial charge in [-0.25, -0.2) is 0 Å². The molecule has 0 spiro atoms. The van der Waals surface area contributed by atoms with Gasteiger partial charge in [0.1, 0.15) is 5.78 Å². The number of fused-ring (bicyclic) bond motifs is 1. The molecular weight excluding hydrogens is 372 g/mol. The molecule has 0 amide bonds. The highest BCUT2D eigenvalue weighted by Gasteiger charge is 2.50. The van der Waals surface area contributed by atoms with Gasteiger partial charge in [0.05, 0.1) is 12.2 Å². The third-order valence-electron chi connectivity index (χ3n) is 8.48. The molecule has 2 N–H and O–H groups in total. The first-order valence-electron chi connectivity index (χ1n) is 12.1. The standard InChI is InChI=1S/C27H42O3/c1-17(2)25(29)13-8-18(3)23-11-12-24-20(7-6-14-27(23,24)5)9-10-21-15-22(28)16-26(30)19(21)4/h9-10,17-18,22-24,26,28,30H,4,6-8,11-16H2,1-3,5H3/t18-,22-,23-,24?,26+,27-/m1/s1. The Morgan fingerprint density at radius 2 is 1.97 bits per heavy atom. The van der Waals surface area contributed by atoms with Crippen molar-refractivity contribution < 1.29 is 15.0 Å². The van der Waals surface area contributed by atoms with Gasteiger partial charge in [0, 0.05) is 18.8 Å². The lowest BCUT2D eigenvalue weighted by Gasteiger charge is -2.44. The first-order valence-corrected chi connectivity index (χ1v) is 12.1. The summed E-state index contributed by atoms with van der Waals surface area (Å²) in [5.74, 6) is 2.43. The summed E-state index contributed by atoms with van der Waals surface area (Å²) in [4.78, 5) is 12.1. The fourth-order valence-corrected chi connectivity index (χ4v) is 6.54. The Bertz CT molecular complexity index is 716. The van der Waals surface area contributed by atoms with Crippen molar-refractivity contribution in [1.82, 2.24) is 0 Å². The molecule has 6 atom stereocenters. The number of hydrogen-bond acceptors (Lipinski definition) is 3. The van der Waals surface area contributed by atoms with Crippen molar-refractivity contribution in [2.24, 2.45) is 29.1 Å². The van der Waals surface area contributed by atoms with Gasteiger partial charge in [-0.05, 0) is 79.3 Å². The van der Waals surface area contributed by atoms with Crippen LogP contribution < -0.4 is 0 Å². The van der Waals surface area contributed by atoms with Crippen LogP contribution in [-0.2, 0) is 4.79 Å². The van der Waals surface area contributed by atoms with Gasteiger partial charge in [-0.1, -0.05) is 52.0 Å². The Labute approximate surface area is 183 Å². The van der Waals surface area contributed by atoms with Crippen molar-refractivity contribution >= 4 is 5.78 Å². The molecule has 0 saturated heterocycles. The third kappa shape index (κ3) is 4.83. The van der Waals surface area contributed by atoms with Crippen LogP contribution in [0.2, 0.25) is 0 Å². The van der Waals surface area contributed by atoms with Crippen LogP contribution in [0.1, 0.15) is 85.5 Å². The van der Waals surface area contributed by atoms with Crippen LogP contribution in [0.15, 0.2) is 35.5 Å². The highest BCUT2D eigenvalue weighted by Crippen LogP contribution is 2.59. The molecule has 3 heteroatoms. The number of Topliss-reactive ketones (excluding diaryl/α,β-unsaturated/α-hetero) is 1. The fourth-order valence-electron chi connectivity index (χ4n) is 6.54. The molecule has 0 aromatic carbocycles. The molecule has 30 heavy (non-hydrogen) atoms. The van der Waals surface area contributed by atoms with E-state index in [1.807, 2.05) is 13.8 Å². The van der Waals surface area contributed by atoms with Crippen molar-refractivity contribution in [3.05, 3.63) is 35.5 Å². The number of allylic oxidation sites excluding steroid dienone is 3. The van der Waals surface area contributed by atoms with Crippen LogP contribution in [0.4, 0.5) is 0 Å². The summed E-state index contributed by atoms with van der Waals surface area (Å²) in [6.45, 7) is 12.9. The van der Waals surface area contributed by atoms with Crippen molar-refractivity contribution in [3.63, 3.8) is 0 Å². The Balaban J connectivity index is 1.72. The minimum Gasteiger partial charge on any atom is -0.393 e. The molecule has 3 fully saturated rings. The SMILES string of the molecule is C=C1C(=CC=C2CCC[C@@]3(C)C2CC[C@@H]3[C@H](C)CCC(=O)C(C)C)C[C@@H](O)C[C@@H]1O. The average molecular weight is 415 g/mol. The van der Waals surface area contributed by atoms with E-state index in [4.69, 9.17) is 0 Å². The van der Waals surface area contributed by atoms with E-state index >= 15 is 0 Å². The van der Waals surface area contributed by atoms with Gasteiger partial charge in [-0.2, -0.15) is 0 Å². The predicted molar refractivity (Wildman–Crippen MR) is 123 cm³/mol. The molecule has 0 aliphatic heterocycles. The third-order valence-corrected chi connectivity index (χ3v) is 8.48. The Kier molecular flexibility index (Phi) is 7.45. The summed E-state index contributed by atoms with van der Waals surface area (Å²) >= 11 is 0. The zero-order valence-corrected chi connectivity index (χ0v) is 19.5. The van der Waals surface area contributed by atoms with E-state index < -0.39 is 12.2 Å². The van der Waals surface area contributed by atoms with Gasteiger partial charge in [0.2, 0.25) is 0 Å². The molecule has 3 saturated carbocycles. The molecule has 1 unspecified atom stereocenters. The molecule has 3 aliphatic carbocycles. The number of hydrogen-bond donors (Lipinski definition) is 2. The van der Waals surface area contributed by atoms with Crippen LogP contribution in [-0.4, -0.2) is 28.2 Å². The smallest absolute Gasteiger partial charge is 0.135 e. The molecule has 0 aromatic heterocycles. The quantitative estimate of drug-likeness (QED) is 0.580. The summed E-state index contributed by atoms with van der Waals surface area (Å²) in [6.07, 6.45) is 12.2. The summed E-state index contributed by atoms with van der Waals surface area (Å²) in [5.41, 5.74) is 3.62. The number of carbonyl (C=O) groups is 1. The van der Waals surface area contributed by atoms with E-state index in [1.54, 1.807) is 0 Å². The number of carbonyl (C=O) groups excluding carboxylic acids is 1. The first kappa shape index (κ1) is 23.5. The van der Waals surface area contributed by atoms with E-state index in [0.29, 0.717) is 41.8 Å². The topological polar surface area (TPSA) is 57.5 Å². The van der Waals surface area contributed by atoms with Crippen LogP contribution >= 0.6 is 0 Å². The van der Waals surface area contributed by atoms with E-state index in [-0.39, 0.29) is 5.92 Å². The molecule has 3 aliphatic rings. The summed E-state index contributed by atoms with van der Waals surface area (Å²) in [7, 11) is 0. The van der Waals surface area contributed by atoms with Gasteiger partial charge < -0.3 is 10.2 Å². The molecule has 0 radical (unpaired) electrons. The van der Waals surface area contributed by atoms with Gasteiger partial charge >= 0.3 is 0 Å². The fraction of sp³-hybridized carbons (Fsp3) is 0.741. The van der Waals surface area contributed by atoms with Crippen LogP contribution in [0.25, 0.3) is 0 Å². The Hall–Kier alpha value is -1.19. The van der Waals surface area contributed by atoms with Crippen LogP contribution in [0.3, 0.4) is 0 Å². The van der Waals surface area contributed by atoms with Crippen LogP contribution in [0.5, 0.6) is 0 Å². The lowest BCUT2D eigenvalue weighted by Crippen LogP contribution is -2.36. The maximum Gasteiger partial charge on any atom is 0.135 e. The summed E-state index contributed by atoms with van der Waals surface area (Å²) in [5, 5.41) is 20.2. The highest BCUT2D eigenvalue weighted by molar-refractivity contribution is 5.80. The van der Waals surface area contributed by atoms with Gasteiger partial charge in [0.15, 0.2) is 0 Å². The maximum atomic E-state index is 12.1. The molecular formula is C27H42O3. The van der Waals surface area contributed by atoms with Gasteiger partial charge in [-0.3, -0.25) is 4.79 Å². The summed E-state index contributed by atoms with van der Waals surface area (Å²) < 4.78 is 0. The van der Waals surface area contributed by atoms with E-state index in [9.17, 15) is 15.0 Å². The highest BCUT2D eigenvalue weighted by atomic mass is 16.3. The zero-order valence-electron chi connectivity index (χ0n) is 19.5. The number of aliphatic hydroxyl groups excluding tert-OH is 2. The lowest BCUT2D eigenvalue weighted by atomic mass is 9.60. The van der Waals surface area contributed by atoms with E-state index in [0.717, 1.165) is 30.4 Å². The van der Waals surface area contributed by atoms with Crippen molar-refractivity contribution in [2.45, 2.75) is 97.7 Å². The first-order chi connectivity index (χ1) is 14.1. The Morgan fingerprint density at radius 1 is 1.23 bits per heavy atom. The number of rotatable bonds is 6. The minimum absolute atomic E-state index is 0.146. The lowest BCUT2D eigenvalue weighted by molar-refractivity contribution is -0.122. The zero-order chi connectivity index (χ0) is 22.1. The van der Waals surface area contributed by atoms with Gasteiger partial charge in [0.25, 0.3) is 0 Å². The average Bonchev–Trinajstić information content (AvgIpc) is 3.04. The minimum atomic E-state index is -0.625. The largest absolute Gasteiger partial charge is 0.393 e. The predicted octanol–water partition coefficient (Wildman–Crippen LogP) is 5.77. The van der Waals surface area contributed by atoms with Crippen molar-refractivity contribution in [3.8, 4) is 0 Å². The van der Waals surface area contributed by atoms with E-state index in [2.05, 4.69) is 32.6 Å². The summed E-state index contributed by atoms with van der Waals surface area (Å²) in [6, 6.07) is 0. The van der Waals surface area contributed by atoms with Gasteiger partial charge in [-0.15, -0.1) is 0 Å². The molecule has 3 rings (SSSR count). The second-order valence-electron chi connectivity index (χ2n) is 10.8. The second kappa shape index (κ2) is 9.53. The number of aliphatic hydroxyl groups is 2. The molecule has 0 heterocycles. The molecule has 0 aromatic rings. The van der Waals surface area contributed by atoms with Crippen molar-refractivity contribution in [1.29, 1.82) is 0 Å². The molecule has 0 bridgehead atoms. The van der Waals surface area contributed by atoms with Crippen molar-refractivity contribution in [2.75, 3.05) is 0 Å².